The van der Waals surface area contributed by atoms with E-state index in [1.54, 1.807) is 0 Å². The van der Waals surface area contributed by atoms with Gasteiger partial charge in [0.1, 0.15) is 9.84 Å². The predicted molar refractivity (Wildman–Crippen MR) is 84.5 cm³/mol. The van der Waals surface area contributed by atoms with Crippen molar-refractivity contribution in [1.29, 1.82) is 0 Å². The number of anilines is 1. The third-order valence-corrected chi connectivity index (χ3v) is 4.60. The third-order valence-electron chi connectivity index (χ3n) is 2.88. The van der Waals surface area contributed by atoms with E-state index in [2.05, 4.69) is 33.4 Å². The summed E-state index contributed by atoms with van der Waals surface area (Å²) in [5.41, 5.74) is 1.03. The summed E-state index contributed by atoms with van der Waals surface area (Å²) in [5.74, 6) is 0.217. The van der Waals surface area contributed by atoms with Crippen molar-refractivity contribution in [3.05, 3.63) is 40.9 Å². The van der Waals surface area contributed by atoms with Gasteiger partial charge in [-0.05, 0) is 23.9 Å². The van der Waals surface area contributed by atoms with Crippen molar-refractivity contribution in [1.82, 2.24) is 0 Å². The van der Waals surface area contributed by atoms with E-state index < -0.39 is 9.84 Å². The highest BCUT2D eigenvalue weighted by Crippen LogP contribution is 2.29. The normalized spacial score (nSPS) is 11.7. The van der Waals surface area contributed by atoms with Gasteiger partial charge in [0.15, 0.2) is 0 Å². The highest BCUT2D eigenvalue weighted by molar-refractivity contribution is 9.10. The molecule has 1 N–H and O–H groups in total. The summed E-state index contributed by atoms with van der Waals surface area (Å²) in [6, 6.07) is 12.1. The second-order valence-corrected chi connectivity index (χ2v) is 7.66. The van der Waals surface area contributed by atoms with E-state index >= 15 is 0 Å². The van der Waals surface area contributed by atoms with E-state index in [1.165, 1.54) is 6.26 Å². The lowest BCUT2D eigenvalue weighted by molar-refractivity contribution is 0.600. The summed E-state index contributed by atoms with van der Waals surface area (Å²) >= 11 is 3.53. The number of hydrogen-bond acceptors (Lipinski definition) is 3. The fourth-order valence-electron chi connectivity index (χ4n) is 1.97. The summed E-state index contributed by atoms with van der Waals surface area (Å²) in [6.45, 7) is 0.651. The van der Waals surface area contributed by atoms with Crippen LogP contribution in [0.5, 0.6) is 0 Å². The maximum absolute atomic E-state index is 11.1. The van der Waals surface area contributed by atoms with Crippen LogP contribution in [0.4, 0.5) is 5.69 Å². The van der Waals surface area contributed by atoms with Crippen LogP contribution in [0.25, 0.3) is 10.8 Å². The molecule has 0 aliphatic carbocycles. The molecular formula is C14H16BrNO2S. The Morgan fingerprint density at radius 2 is 1.79 bits per heavy atom. The average Bonchev–Trinajstić information content (AvgIpc) is 2.36. The van der Waals surface area contributed by atoms with E-state index in [-0.39, 0.29) is 5.75 Å². The fourth-order valence-corrected chi connectivity index (χ4v) is 3.12. The van der Waals surface area contributed by atoms with Crippen LogP contribution in [0.3, 0.4) is 0 Å². The first kappa shape index (κ1) is 14.3. The van der Waals surface area contributed by atoms with Crippen LogP contribution in [0.2, 0.25) is 0 Å². The largest absolute Gasteiger partial charge is 0.385 e. The molecule has 0 fully saturated rings. The Kier molecular flexibility index (Phi) is 4.47. The minimum atomic E-state index is -2.88. The van der Waals surface area contributed by atoms with Crippen molar-refractivity contribution in [3.63, 3.8) is 0 Å². The minimum Gasteiger partial charge on any atom is -0.385 e. The molecule has 19 heavy (non-hydrogen) atoms. The molecule has 0 radical (unpaired) electrons. The Hall–Kier alpha value is -1.07. The zero-order valence-electron chi connectivity index (χ0n) is 10.7. The number of halogens is 1. The molecule has 0 aromatic heterocycles. The Bertz CT molecular complexity index is 683. The topological polar surface area (TPSA) is 46.2 Å². The number of hydrogen-bond donors (Lipinski definition) is 1. The first-order chi connectivity index (χ1) is 8.97. The van der Waals surface area contributed by atoms with Gasteiger partial charge in [-0.1, -0.05) is 40.2 Å². The highest BCUT2D eigenvalue weighted by atomic mass is 79.9. The fraction of sp³-hybridized carbons (Fsp3) is 0.286. The number of nitrogens with one attached hydrogen (secondary N) is 1. The van der Waals surface area contributed by atoms with Gasteiger partial charge in [0, 0.05) is 28.3 Å². The van der Waals surface area contributed by atoms with Crippen LogP contribution in [-0.4, -0.2) is 27.0 Å². The Morgan fingerprint density at radius 1 is 1.11 bits per heavy atom. The van der Waals surface area contributed by atoms with Gasteiger partial charge >= 0.3 is 0 Å². The zero-order valence-corrected chi connectivity index (χ0v) is 13.1. The summed E-state index contributed by atoms with van der Waals surface area (Å²) < 4.78 is 23.2. The molecule has 2 aromatic rings. The van der Waals surface area contributed by atoms with Crippen LogP contribution < -0.4 is 5.32 Å². The second-order valence-electron chi connectivity index (χ2n) is 4.55. The first-order valence-corrected chi connectivity index (χ1v) is 8.91. The maximum atomic E-state index is 11.1. The molecule has 2 rings (SSSR count). The lowest BCUT2D eigenvalue weighted by Crippen LogP contribution is -2.09. The second kappa shape index (κ2) is 5.92. The van der Waals surface area contributed by atoms with Crippen molar-refractivity contribution in [2.75, 3.05) is 23.9 Å². The van der Waals surface area contributed by atoms with E-state index in [9.17, 15) is 8.42 Å². The van der Waals surface area contributed by atoms with Crippen LogP contribution in [0, 0.1) is 0 Å². The molecule has 0 aliphatic rings. The van der Waals surface area contributed by atoms with Gasteiger partial charge in [-0.15, -0.1) is 0 Å². The van der Waals surface area contributed by atoms with Crippen LogP contribution >= 0.6 is 15.9 Å². The average molecular weight is 342 g/mol. The van der Waals surface area contributed by atoms with Gasteiger partial charge in [0.2, 0.25) is 0 Å². The highest BCUT2D eigenvalue weighted by Gasteiger charge is 2.04. The summed E-state index contributed by atoms with van der Waals surface area (Å²) in [7, 11) is -2.88. The Balaban J connectivity index is 2.11. The molecule has 0 aliphatic heterocycles. The zero-order chi connectivity index (χ0) is 13.9. The van der Waals surface area contributed by atoms with E-state index in [0.29, 0.717) is 13.0 Å². The van der Waals surface area contributed by atoms with Crippen LogP contribution in [0.1, 0.15) is 6.42 Å². The molecular weight excluding hydrogens is 326 g/mol. The molecule has 3 nitrogen and oxygen atoms in total. The number of rotatable bonds is 5. The Labute approximate surface area is 122 Å². The molecule has 102 valence electrons. The molecule has 0 saturated carbocycles. The molecule has 0 bridgehead atoms. The van der Waals surface area contributed by atoms with Gasteiger partial charge in [-0.3, -0.25) is 0 Å². The predicted octanol–water partition coefficient (Wildman–Crippen LogP) is 3.45. The lowest BCUT2D eigenvalue weighted by Gasteiger charge is -2.10. The monoisotopic (exact) mass is 341 g/mol. The molecule has 0 heterocycles. The van der Waals surface area contributed by atoms with Crippen molar-refractivity contribution in [2.45, 2.75) is 6.42 Å². The smallest absolute Gasteiger partial charge is 0.147 e. The van der Waals surface area contributed by atoms with Gasteiger partial charge < -0.3 is 5.32 Å². The van der Waals surface area contributed by atoms with Crippen molar-refractivity contribution >= 4 is 42.2 Å². The molecule has 0 saturated heterocycles. The summed E-state index contributed by atoms with van der Waals surface area (Å²) in [4.78, 5) is 0. The van der Waals surface area contributed by atoms with Crippen LogP contribution in [0.15, 0.2) is 40.9 Å². The van der Waals surface area contributed by atoms with Gasteiger partial charge in [0.25, 0.3) is 0 Å². The maximum Gasteiger partial charge on any atom is 0.147 e. The first-order valence-electron chi connectivity index (χ1n) is 6.06. The van der Waals surface area contributed by atoms with Gasteiger partial charge in [-0.2, -0.15) is 0 Å². The van der Waals surface area contributed by atoms with E-state index in [0.717, 1.165) is 20.9 Å². The van der Waals surface area contributed by atoms with Gasteiger partial charge in [-0.25, -0.2) is 8.42 Å². The summed E-state index contributed by atoms with van der Waals surface area (Å²) in [6.07, 6.45) is 1.88. The molecule has 0 spiro atoms. The molecule has 2 aromatic carbocycles. The SMILES string of the molecule is CS(=O)(=O)CCCNc1ccc(Br)c2ccccc12. The minimum absolute atomic E-state index is 0.217. The lowest BCUT2D eigenvalue weighted by atomic mass is 10.1. The van der Waals surface area contributed by atoms with E-state index in [4.69, 9.17) is 0 Å². The van der Waals surface area contributed by atoms with Crippen molar-refractivity contribution in [2.24, 2.45) is 0 Å². The molecule has 0 atom stereocenters. The number of benzene rings is 2. The molecule has 0 unspecified atom stereocenters. The van der Waals surface area contributed by atoms with E-state index in [1.807, 2.05) is 24.3 Å². The quantitative estimate of drug-likeness (QED) is 0.847. The number of fused-ring (bicyclic) bond motifs is 1. The van der Waals surface area contributed by atoms with Gasteiger partial charge in [0.05, 0.1) is 5.75 Å². The third kappa shape index (κ3) is 3.94. The standard InChI is InChI=1S/C14H16BrNO2S/c1-19(17,18)10-4-9-16-14-8-7-13(15)11-5-2-3-6-12(11)14/h2-3,5-8,16H,4,9-10H2,1H3. The molecule has 0 amide bonds. The number of sulfone groups is 1. The summed E-state index contributed by atoms with van der Waals surface area (Å²) in [5, 5.41) is 5.59. The molecule has 5 heteroatoms. The van der Waals surface area contributed by atoms with Crippen molar-refractivity contribution < 1.29 is 8.42 Å². The Morgan fingerprint density at radius 3 is 2.47 bits per heavy atom. The van der Waals surface area contributed by atoms with Crippen molar-refractivity contribution in [3.8, 4) is 0 Å². The van der Waals surface area contributed by atoms with Crippen LogP contribution in [-0.2, 0) is 9.84 Å².